The third-order valence-electron chi connectivity index (χ3n) is 3.33. The quantitative estimate of drug-likeness (QED) is 0.670. The minimum absolute atomic E-state index is 0.0358. The number of nitrogens with two attached hydrogens (primary N) is 1. The summed E-state index contributed by atoms with van der Waals surface area (Å²) in [4.78, 5) is 27.2. The fraction of sp³-hybridized carbons (Fsp3) is 0.818. The van der Waals surface area contributed by atoms with E-state index in [9.17, 15) is 9.59 Å². The predicted octanol–water partition coefficient (Wildman–Crippen LogP) is -1.21. The number of ether oxygens (including phenoxy) is 1. The zero-order valence-electron chi connectivity index (χ0n) is 10.1. The van der Waals surface area contributed by atoms with Gasteiger partial charge in [0.15, 0.2) is 0 Å². The van der Waals surface area contributed by atoms with Gasteiger partial charge in [0.05, 0.1) is 13.2 Å². The van der Waals surface area contributed by atoms with Crippen LogP contribution in [0.1, 0.15) is 12.8 Å². The summed E-state index contributed by atoms with van der Waals surface area (Å²) in [5.74, 6) is 0.0744. The molecule has 6 nitrogen and oxygen atoms in total. The molecule has 0 aliphatic carbocycles. The van der Waals surface area contributed by atoms with Crippen molar-refractivity contribution in [3.63, 3.8) is 0 Å². The molecule has 2 aliphatic rings. The second-order valence-electron chi connectivity index (χ2n) is 4.68. The Morgan fingerprint density at radius 2 is 2.29 bits per heavy atom. The molecule has 2 unspecified atom stereocenters. The summed E-state index contributed by atoms with van der Waals surface area (Å²) in [6.07, 6.45) is 1.70. The van der Waals surface area contributed by atoms with Gasteiger partial charge < -0.3 is 20.3 Å². The highest BCUT2D eigenvalue weighted by atomic mass is 16.5. The first-order valence-corrected chi connectivity index (χ1v) is 5.96. The molecule has 0 aromatic heterocycles. The number of methoxy groups -OCH3 is 1. The number of rotatable bonds is 4. The van der Waals surface area contributed by atoms with Gasteiger partial charge in [-0.25, -0.2) is 0 Å². The molecule has 2 atom stereocenters. The lowest BCUT2D eigenvalue weighted by Crippen LogP contribution is -2.59. The Morgan fingerprint density at radius 1 is 1.53 bits per heavy atom. The number of amides is 2. The van der Waals surface area contributed by atoms with Gasteiger partial charge in [0.25, 0.3) is 0 Å². The fourth-order valence-corrected chi connectivity index (χ4v) is 2.57. The van der Waals surface area contributed by atoms with Crippen LogP contribution < -0.4 is 5.73 Å². The van der Waals surface area contributed by atoms with Crippen molar-refractivity contribution < 1.29 is 14.3 Å². The number of fused-ring (bicyclic) bond motifs is 1. The lowest BCUT2D eigenvalue weighted by Gasteiger charge is -2.37. The number of hydrogen-bond acceptors (Lipinski definition) is 4. The maximum atomic E-state index is 12.1. The molecule has 96 valence electrons. The average Bonchev–Trinajstić information content (AvgIpc) is 2.75. The SMILES string of the molecule is COCC(N)CN1CC(=O)N2CCCC2C1=O. The van der Waals surface area contributed by atoms with Gasteiger partial charge in [-0.05, 0) is 12.8 Å². The second-order valence-corrected chi connectivity index (χ2v) is 4.68. The number of piperazine rings is 1. The first kappa shape index (κ1) is 12.3. The van der Waals surface area contributed by atoms with Crippen LogP contribution in [0.15, 0.2) is 0 Å². The lowest BCUT2D eigenvalue weighted by molar-refractivity contribution is -0.153. The fourth-order valence-electron chi connectivity index (χ4n) is 2.57. The van der Waals surface area contributed by atoms with Crippen LogP contribution in [0, 0.1) is 0 Å². The minimum Gasteiger partial charge on any atom is -0.383 e. The van der Waals surface area contributed by atoms with Crippen LogP contribution in [0.2, 0.25) is 0 Å². The summed E-state index contributed by atoms with van der Waals surface area (Å²) in [5, 5.41) is 0. The largest absolute Gasteiger partial charge is 0.383 e. The van der Waals surface area contributed by atoms with Gasteiger partial charge in [0.2, 0.25) is 11.8 Å². The molecule has 2 amide bonds. The third-order valence-corrected chi connectivity index (χ3v) is 3.33. The van der Waals surface area contributed by atoms with Crippen molar-refractivity contribution in [3.8, 4) is 0 Å². The molecule has 0 spiro atoms. The number of carbonyl (C=O) groups is 2. The van der Waals surface area contributed by atoms with Crippen LogP contribution in [-0.2, 0) is 14.3 Å². The van der Waals surface area contributed by atoms with Crippen molar-refractivity contribution in [2.75, 3.05) is 33.4 Å². The molecule has 0 aromatic rings. The molecule has 0 bridgehead atoms. The zero-order chi connectivity index (χ0) is 12.4. The lowest BCUT2D eigenvalue weighted by atomic mass is 10.1. The first-order valence-electron chi connectivity index (χ1n) is 5.96. The van der Waals surface area contributed by atoms with Gasteiger partial charge in [0.1, 0.15) is 6.04 Å². The molecule has 2 N–H and O–H groups in total. The molecule has 6 heteroatoms. The molecular weight excluding hydrogens is 222 g/mol. The first-order chi connectivity index (χ1) is 8.13. The topological polar surface area (TPSA) is 75.9 Å². The van der Waals surface area contributed by atoms with Gasteiger partial charge in [-0.3, -0.25) is 9.59 Å². The summed E-state index contributed by atoms with van der Waals surface area (Å²) >= 11 is 0. The minimum atomic E-state index is -0.244. The molecule has 2 rings (SSSR count). The van der Waals surface area contributed by atoms with E-state index in [1.165, 1.54) is 0 Å². The highest BCUT2D eigenvalue weighted by molar-refractivity contribution is 5.95. The Kier molecular flexibility index (Phi) is 3.63. The Hall–Kier alpha value is -1.14. The standard InChI is InChI=1S/C11H19N3O3/c1-17-7-8(12)5-13-6-10(15)14-4-2-3-9(14)11(13)16/h8-9H,2-7,12H2,1H3. The van der Waals surface area contributed by atoms with E-state index in [1.807, 2.05) is 0 Å². The van der Waals surface area contributed by atoms with Crippen LogP contribution in [0.25, 0.3) is 0 Å². The molecule has 2 heterocycles. The van der Waals surface area contributed by atoms with Crippen molar-refractivity contribution in [1.82, 2.24) is 9.80 Å². The summed E-state index contributed by atoms with van der Waals surface area (Å²) in [6.45, 7) is 1.66. The number of hydrogen-bond donors (Lipinski definition) is 1. The summed E-state index contributed by atoms with van der Waals surface area (Å²) in [5.41, 5.74) is 5.82. The van der Waals surface area contributed by atoms with Crippen LogP contribution in [0.4, 0.5) is 0 Å². The van der Waals surface area contributed by atoms with Gasteiger partial charge in [-0.15, -0.1) is 0 Å². The van der Waals surface area contributed by atoms with Crippen LogP contribution >= 0.6 is 0 Å². The zero-order valence-corrected chi connectivity index (χ0v) is 10.1. The van der Waals surface area contributed by atoms with Crippen molar-refractivity contribution >= 4 is 11.8 Å². The van der Waals surface area contributed by atoms with E-state index in [0.29, 0.717) is 19.7 Å². The number of carbonyl (C=O) groups excluding carboxylic acids is 2. The molecule has 0 radical (unpaired) electrons. The molecule has 17 heavy (non-hydrogen) atoms. The van der Waals surface area contributed by atoms with E-state index < -0.39 is 0 Å². The molecule has 0 saturated carbocycles. The van der Waals surface area contributed by atoms with Gasteiger partial charge in [-0.2, -0.15) is 0 Å². The smallest absolute Gasteiger partial charge is 0.245 e. The van der Waals surface area contributed by atoms with E-state index in [1.54, 1.807) is 16.9 Å². The molecule has 0 aromatic carbocycles. The van der Waals surface area contributed by atoms with Crippen molar-refractivity contribution in [3.05, 3.63) is 0 Å². The molecule has 2 aliphatic heterocycles. The summed E-state index contributed by atoms with van der Waals surface area (Å²) < 4.78 is 4.94. The van der Waals surface area contributed by atoms with Crippen molar-refractivity contribution in [2.24, 2.45) is 5.73 Å². The van der Waals surface area contributed by atoms with E-state index >= 15 is 0 Å². The van der Waals surface area contributed by atoms with Crippen LogP contribution in [0.5, 0.6) is 0 Å². The maximum Gasteiger partial charge on any atom is 0.245 e. The van der Waals surface area contributed by atoms with E-state index in [2.05, 4.69) is 0 Å². The highest BCUT2D eigenvalue weighted by Gasteiger charge is 2.41. The van der Waals surface area contributed by atoms with E-state index in [4.69, 9.17) is 10.5 Å². The van der Waals surface area contributed by atoms with Crippen LogP contribution in [0.3, 0.4) is 0 Å². The Balaban J connectivity index is 1.99. The van der Waals surface area contributed by atoms with Crippen molar-refractivity contribution in [2.45, 2.75) is 24.9 Å². The Labute approximate surface area is 101 Å². The average molecular weight is 241 g/mol. The molecule has 2 saturated heterocycles. The molecular formula is C11H19N3O3. The van der Waals surface area contributed by atoms with Gasteiger partial charge in [-0.1, -0.05) is 0 Å². The van der Waals surface area contributed by atoms with Crippen LogP contribution in [-0.4, -0.2) is 67.0 Å². The van der Waals surface area contributed by atoms with Gasteiger partial charge in [0, 0.05) is 26.2 Å². The predicted molar refractivity (Wildman–Crippen MR) is 61.2 cm³/mol. The Bertz CT molecular complexity index is 321. The van der Waals surface area contributed by atoms with E-state index in [0.717, 1.165) is 12.8 Å². The number of nitrogens with zero attached hydrogens (tertiary/aromatic N) is 2. The van der Waals surface area contributed by atoms with Gasteiger partial charge >= 0.3 is 0 Å². The maximum absolute atomic E-state index is 12.1. The normalized spacial score (nSPS) is 26.4. The summed E-state index contributed by atoms with van der Waals surface area (Å²) in [6, 6.07) is -0.476. The summed E-state index contributed by atoms with van der Waals surface area (Å²) in [7, 11) is 1.57. The second kappa shape index (κ2) is 5.01. The molecule has 2 fully saturated rings. The third kappa shape index (κ3) is 2.42. The monoisotopic (exact) mass is 241 g/mol. The van der Waals surface area contributed by atoms with Crippen molar-refractivity contribution in [1.29, 1.82) is 0 Å². The van der Waals surface area contributed by atoms with E-state index in [-0.39, 0.29) is 30.4 Å². The highest BCUT2D eigenvalue weighted by Crippen LogP contribution is 2.23. The Morgan fingerprint density at radius 3 is 3.00 bits per heavy atom.